The molecule has 1 saturated heterocycles. The first kappa shape index (κ1) is 48.2. The monoisotopic (exact) mass is 957 g/mol. The molecule has 356 valence electrons. The zero-order valence-electron chi connectivity index (χ0n) is 37.5. The van der Waals surface area contributed by atoms with E-state index in [1.807, 2.05) is 24.3 Å². The van der Waals surface area contributed by atoms with Gasteiger partial charge in [0.2, 0.25) is 23.7 Å². The maximum absolute atomic E-state index is 15.0. The Hall–Kier alpha value is -7.28. The number of nitrogens with zero attached hydrogens (tertiary/aromatic N) is 6. The van der Waals surface area contributed by atoms with Crippen molar-refractivity contribution in [2.75, 3.05) is 30.4 Å². The van der Waals surface area contributed by atoms with Gasteiger partial charge >= 0.3 is 0 Å². The number of nitrogens with one attached hydrogen (secondary N) is 3. The molecule has 1 aromatic heterocycles. The number of unbranched alkanes of at least 4 members (excludes halogenated alkanes) is 4. The lowest BCUT2D eigenvalue weighted by molar-refractivity contribution is -0.137. The molecule has 2 atom stereocenters. The van der Waals surface area contributed by atoms with Crippen LogP contribution in [0.5, 0.6) is 0 Å². The lowest BCUT2D eigenvalue weighted by Gasteiger charge is -2.29. The summed E-state index contributed by atoms with van der Waals surface area (Å²) in [5.41, 5.74) is 12.1. The average Bonchev–Trinajstić information content (AvgIpc) is 3.56. The number of carbonyl (C=O) groups is 4. The number of rotatable bonds is 19. The largest absolute Gasteiger partial charge is 0.380 e. The summed E-state index contributed by atoms with van der Waals surface area (Å²) in [6.07, 6.45) is 8.44. The highest BCUT2D eigenvalue weighted by atomic mass is 35.5. The van der Waals surface area contributed by atoms with Crippen LogP contribution >= 0.6 is 11.6 Å². The third kappa shape index (κ3) is 11.7. The lowest BCUT2D eigenvalue weighted by Crippen LogP contribution is -2.52. The SMILES string of the molecule is NN=C(C=NCC(N)COCCCCCCCC(=O)Nc1ccc2c(c1)CN(C1CCC(=O)NC1=O)C2=O)c1ccc(Nc2ncc3c(n2)-c2ccc(Cl)cc2C(c2c(F)cccc2F)=NC3)cc1. The summed E-state index contributed by atoms with van der Waals surface area (Å²) < 4.78 is 35.7. The van der Waals surface area contributed by atoms with Crippen molar-refractivity contribution in [1.82, 2.24) is 20.2 Å². The maximum Gasteiger partial charge on any atom is 0.255 e. The van der Waals surface area contributed by atoms with Gasteiger partial charge in [-0.2, -0.15) is 5.10 Å². The Morgan fingerprint density at radius 1 is 0.942 bits per heavy atom. The molecular formula is C50H50ClF2N11O5. The molecular weight excluding hydrogens is 908 g/mol. The topological polar surface area (TPSA) is 232 Å². The van der Waals surface area contributed by atoms with E-state index in [0.29, 0.717) is 88.6 Å². The van der Waals surface area contributed by atoms with E-state index in [4.69, 9.17) is 32.9 Å². The van der Waals surface area contributed by atoms with Crippen LogP contribution in [-0.4, -0.2) is 88.0 Å². The van der Waals surface area contributed by atoms with E-state index in [2.05, 4.69) is 36.0 Å². The van der Waals surface area contributed by atoms with Crippen LogP contribution in [0.1, 0.15) is 89.5 Å². The second-order valence-electron chi connectivity index (χ2n) is 16.9. The predicted molar refractivity (Wildman–Crippen MR) is 260 cm³/mol. The highest BCUT2D eigenvalue weighted by Gasteiger charge is 2.39. The van der Waals surface area contributed by atoms with Crippen LogP contribution in [-0.2, 0) is 32.2 Å². The fourth-order valence-corrected chi connectivity index (χ4v) is 8.59. The fourth-order valence-electron chi connectivity index (χ4n) is 8.42. The minimum absolute atomic E-state index is 0.0970. The average molecular weight is 958 g/mol. The third-order valence-electron chi connectivity index (χ3n) is 11.9. The number of nitrogens with two attached hydrogens (primary N) is 2. The second-order valence-corrected chi connectivity index (χ2v) is 17.3. The number of hydrogen-bond acceptors (Lipinski definition) is 13. The third-order valence-corrected chi connectivity index (χ3v) is 12.2. The van der Waals surface area contributed by atoms with Gasteiger partial charge in [-0.25, -0.2) is 18.7 Å². The van der Waals surface area contributed by atoms with Crippen molar-refractivity contribution < 1.29 is 32.7 Å². The summed E-state index contributed by atoms with van der Waals surface area (Å²) in [5, 5.41) is 12.7. The van der Waals surface area contributed by atoms with Crippen molar-refractivity contribution in [2.24, 2.45) is 26.7 Å². The van der Waals surface area contributed by atoms with Crippen LogP contribution in [0.2, 0.25) is 5.02 Å². The molecule has 3 aliphatic rings. The Bertz CT molecular complexity index is 2840. The summed E-state index contributed by atoms with van der Waals surface area (Å²) >= 11 is 6.36. The van der Waals surface area contributed by atoms with Crippen LogP contribution in [0.25, 0.3) is 11.3 Å². The Kier molecular flexibility index (Phi) is 15.5. The molecule has 5 aromatic rings. The molecule has 4 heterocycles. The minimum Gasteiger partial charge on any atom is -0.380 e. The molecule has 7 N–H and O–H groups in total. The Morgan fingerprint density at radius 2 is 1.70 bits per heavy atom. The highest BCUT2D eigenvalue weighted by molar-refractivity contribution is 6.38. The molecule has 19 heteroatoms. The predicted octanol–water partition coefficient (Wildman–Crippen LogP) is 6.99. The van der Waals surface area contributed by atoms with E-state index >= 15 is 0 Å². The van der Waals surface area contributed by atoms with E-state index in [1.165, 1.54) is 23.1 Å². The van der Waals surface area contributed by atoms with Crippen molar-refractivity contribution >= 4 is 70.2 Å². The molecule has 0 spiro atoms. The zero-order valence-corrected chi connectivity index (χ0v) is 38.3. The number of aromatic nitrogens is 2. The number of amides is 4. The number of benzene rings is 4. The number of hydrogen-bond donors (Lipinski definition) is 5. The summed E-state index contributed by atoms with van der Waals surface area (Å²) in [6.45, 7) is 1.54. The van der Waals surface area contributed by atoms with Crippen molar-refractivity contribution in [3.63, 3.8) is 0 Å². The number of imide groups is 1. The van der Waals surface area contributed by atoms with Crippen LogP contribution in [0.15, 0.2) is 100 Å². The number of carbonyl (C=O) groups excluding carboxylic acids is 4. The van der Waals surface area contributed by atoms with Crippen LogP contribution in [0, 0.1) is 11.6 Å². The van der Waals surface area contributed by atoms with E-state index in [9.17, 15) is 28.0 Å². The summed E-state index contributed by atoms with van der Waals surface area (Å²) in [5.74, 6) is 3.40. The number of aliphatic imine (C=N–C) groups is 2. The van der Waals surface area contributed by atoms with Crippen molar-refractivity contribution in [1.29, 1.82) is 0 Å². The van der Waals surface area contributed by atoms with Crippen LogP contribution < -0.4 is 27.5 Å². The number of hydrazone groups is 1. The van der Waals surface area contributed by atoms with Gasteiger partial charge in [0.25, 0.3) is 5.91 Å². The summed E-state index contributed by atoms with van der Waals surface area (Å²) in [7, 11) is 0. The zero-order chi connectivity index (χ0) is 48.4. The van der Waals surface area contributed by atoms with Gasteiger partial charge in [0.15, 0.2) is 0 Å². The quantitative estimate of drug-likeness (QED) is 0.0187. The van der Waals surface area contributed by atoms with E-state index in [0.717, 1.165) is 43.2 Å². The van der Waals surface area contributed by atoms with Gasteiger partial charge < -0.3 is 31.8 Å². The molecule has 4 amide bonds. The molecule has 0 saturated carbocycles. The minimum atomic E-state index is -0.734. The van der Waals surface area contributed by atoms with Gasteiger partial charge in [0, 0.05) is 88.7 Å². The van der Waals surface area contributed by atoms with Gasteiger partial charge in [-0.1, -0.05) is 55.1 Å². The van der Waals surface area contributed by atoms with Crippen molar-refractivity contribution in [3.8, 4) is 11.3 Å². The Balaban J connectivity index is 0.720. The van der Waals surface area contributed by atoms with Gasteiger partial charge in [0.1, 0.15) is 23.4 Å². The first-order valence-corrected chi connectivity index (χ1v) is 23.0. The first-order valence-electron chi connectivity index (χ1n) is 22.7. The summed E-state index contributed by atoms with van der Waals surface area (Å²) in [4.78, 5) is 69.2. The van der Waals surface area contributed by atoms with Crippen LogP contribution in [0.3, 0.4) is 0 Å². The number of anilines is 3. The van der Waals surface area contributed by atoms with Gasteiger partial charge in [-0.15, -0.1) is 0 Å². The second kappa shape index (κ2) is 22.2. The lowest BCUT2D eigenvalue weighted by atomic mass is 9.95. The number of halogens is 3. The van der Waals surface area contributed by atoms with E-state index < -0.39 is 23.6 Å². The van der Waals surface area contributed by atoms with E-state index in [-0.39, 0.29) is 54.5 Å². The molecule has 3 aliphatic heterocycles. The molecule has 1 fully saturated rings. The Labute approximate surface area is 401 Å². The van der Waals surface area contributed by atoms with Gasteiger partial charge in [-0.3, -0.25) is 34.5 Å². The molecule has 16 nitrogen and oxygen atoms in total. The van der Waals surface area contributed by atoms with Gasteiger partial charge in [-0.05, 0) is 79.4 Å². The molecule has 69 heavy (non-hydrogen) atoms. The molecule has 0 aliphatic carbocycles. The van der Waals surface area contributed by atoms with Crippen molar-refractivity contribution in [2.45, 2.75) is 76.5 Å². The normalized spacial score (nSPS) is 16.1. The first-order chi connectivity index (χ1) is 33.4. The number of piperidine rings is 1. The smallest absolute Gasteiger partial charge is 0.255 e. The Morgan fingerprint density at radius 3 is 2.48 bits per heavy atom. The molecule has 4 aromatic carbocycles. The fraction of sp³-hybridized carbons (Fsp3) is 0.300. The summed E-state index contributed by atoms with van der Waals surface area (Å²) in [6, 6.07) is 20.2. The van der Waals surface area contributed by atoms with Gasteiger partial charge in [0.05, 0.1) is 36.7 Å². The van der Waals surface area contributed by atoms with Crippen molar-refractivity contribution in [3.05, 3.63) is 135 Å². The molecule has 0 radical (unpaired) electrons. The number of ether oxygens (including phenoxy) is 1. The van der Waals surface area contributed by atoms with E-state index in [1.54, 1.807) is 48.8 Å². The maximum atomic E-state index is 15.0. The number of fused-ring (bicyclic) bond motifs is 4. The van der Waals surface area contributed by atoms with Crippen LogP contribution in [0.4, 0.5) is 26.1 Å². The molecule has 2 unspecified atom stereocenters. The molecule has 8 rings (SSSR count). The molecule has 0 bridgehead atoms. The highest BCUT2D eigenvalue weighted by Crippen LogP contribution is 2.35. The standard InChI is InChI=1S/C50H50ClF2N11O5/c51-32-12-16-37-38(22-32)47(45-39(52)7-6-8-40(45)53)57-23-31-24-58-50(62-46(31)37)60-34-13-10-29(11-14-34)41(63-55)26-56-25-33(54)28-69-20-5-3-1-2-4-9-43(65)59-35-15-17-36-30(21-35)27-64(49(36)68)42-18-19-44(66)61-48(42)67/h6-8,10-17,21-22,24,26,33,42H,1-5,9,18-20,23,25,27-28,54-55H2,(H,59,65)(H,58,60,62)(H,61,66,67).